The summed E-state index contributed by atoms with van der Waals surface area (Å²) in [5.41, 5.74) is 5.92. The van der Waals surface area contributed by atoms with Gasteiger partial charge in [0.15, 0.2) is 9.84 Å². The van der Waals surface area contributed by atoms with E-state index in [1.54, 1.807) is 24.3 Å². The van der Waals surface area contributed by atoms with E-state index in [2.05, 4.69) is 5.32 Å². The highest BCUT2D eigenvalue weighted by molar-refractivity contribution is 7.90. The van der Waals surface area contributed by atoms with Gasteiger partial charge in [0.25, 0.3) is 0 Å². The summed E-state index contributed by atoms with van der Waals surface area (Å²) >= 11 is 0. The van der Waals surface area contributed by atoms with E-state index in [1.807, 2.05) is 6.92 Å². The molecule has 1 rings (SSSR count). The molecule has 0 aromatic heterocycles. The molecule has 112 valence electrons. The molecular formula is C13H20N2O4S. The predicted octanol–water partition coefficient (Wildman–Crippen LogP) is 0.243. The van der Waals surface area contributed by atoms with Crippen molar-refractivity contribution in [2.45, 2.75) is 17.9 Å². The van der Waals surface area contributed by atoms with Gasteiger partial charge in [-0.1, -0.05) is 12.1 Å². The Morgan fingerprint density at radius 3 is 2.45 bits per heavy atom. The fourth-order valence-electron chi connectivity index (χ4n) is 1.64. The van der Waals surface area contributed by atoms with E-state index in [0.717, 1.165) is 5.56 Å². The van der Waals surface area contributed by atoms with Crippen LogP contribution in [0.4, 0.5) is 0 Å². The Kier molecular flexibility index (Phi) is 6.12. The van der Waals surface area contributed by atoms with Crippen LogP contribution in [0.5, 0.6) is 0 Å². The summed E-state index contributed by atoms with van der Waals surface area (Å²) in [5.74, 6) is -0.491. The van der Waals surface area contributed by atoms with Crippen molar-refractivity contribution in [3.05, 3.63) is 29.8 Å². The van der Waals surface area contributed by atoms with Crippen LogP contribution in [-0.2, 0) is 19.4 Å². The van der Waals surface area contributed by atoms with E-state index >= 15 is 0 Å². The van der Waals surface area contributed by atoms with Crippen LogP contribution in [0, 0.1) is 0 Å². The number of benzene rings is 1. The lowest BCUT2D eigenvalue weighted by Gasteiger charge is -2.14. The minimum atomic E-state index is -3.16. The van der Waals surface area contributed by atoms with Crippen molar-refractivity contribution in [3.63, 3.8) is 0 Å². The number of nitrogens with two attached hydrogens (primary N) is 1. The Hall–Kier alpha value is -1.44. The van der Waals surface area contributed by atoms with Crippen LogP contribution in [-0.4, -0.2) is 40.3 Å². The summed E-state index contributed by atoms with van der Waals surface area (Å²) in [6, 6.07) is 6.79. The van der Waals surface area contributed by atoms with Gasteiger partial charge in [-0.05, 0) is 24.6 Å². The largest absolute Gasteiger partial charge is 0.370 e. The number of hydrogen-bond acceptors (Lipinski definition) is 5. The second-order valence-electron chi connectivity index (χ2n) is 4.54. The lowest BCUT2D eigenvalue weighted by atomic mass is 10.1. The van der Waals surface area contributed by atoms with Gasteiger partial charge in [0.05, 0.1) is 11.5 Å². The molecule has 0 saturated heterocycles. The minimum Gasteiger partial charge on any atom is -0.370 e. The Morgan fingerprint density at radius 2 is 1.95 bits per heavy atom. The van der Waals surface area contributed by atoms with Crippen molar-refractivity contribution in [2.24, 2.45) is 5.73 Å². The van der Waals surface area contributed by atoms with E-state index < -0.39 is 15.7 Å². The van der Waals surface area contributed by atoms with Crippen LogP contribution in [0.15, 0.2) is 29.2 Å². The third kappa shape index (κ3) is 5.68. The van der Waals surface area contributed by atoms with Gasteiger partial charge < -0.3 is 15.8 Å². The predicted molar refractivity (Wildman–Crippen MR) is 76.0 cm³/mol. The zero-order valence-corrected chi connectivity index (χ0v) is 12.4. The first-order chi connectivity index (χ1) is 9.30. The molecule has 0 bridgehead atoms. The van der Waals surface area contributed by atoms with Gasteiger partial charge in [-0.2, -0.15) is 0 Å². The minimum absolute atomic E-state index is 0.0563. The summed E-state index contributed by atoms with van der Waals surface area (Å²) in [4.78, 5) is 10.8. The molecule has 3 N–H and O–H groups in total. The van der Waals surface area contributed by atoms with E-state index in [9.17, 15) is 13.2 Å². The third-order valence-electron chi connectivity index (χ3n) is 2.75. The van der Waals surface area contributed by atoms with E-state index in [-0.39, 0.29) is 12.6 Å². The SMILES string of the molecule is CC(NCCOCC(N)=O)c1ccc(S(C)(=O)=O)cc1. The number of carbonyl (C=O) groups is 1. The number of primary amides is 1. The van der Waals surface area contributed by atoms with Gasteiger partial charge in [-0.15, -0.1) is 0 Å². The lowest BCUT2D eigenvalue weighted by molar-refractivity contribution is -0.122. The maximum absolute atomic E-state index is 11.3. The van der Waals surface area contributed by atoms with E-state index in [4.69, 9.17) is 10.5 Å². The monoisotopic (exact) mass is 300 g/mol. The second kappa shape index (κ2) is 7.37. The molecule has 0 aliphatic heterocycles. The molecule has 1 unspecified atom stereocenters. The van der Waals surface area contributed by atoms with Crippen molar-refractivity contribution in [2.75, 3.05) is 26.0 Å². The Labute approximate surface area is 119 Å². The summed E-state index contributed by atoms with van der Waals surface area (Å²) in [6.07, 6.45) is 1.18. The van der Waals surface area contributed by atoms with Crippen LogP contribution in [0.25, 0.3) is 0 Å². The van der Waals surface area contributed by atoms with Crippen molar-refractivity contribution in [1.29, 1.82) is 0 Å². The van der Waals surface area contributed by atoms with Crippen molar-refractivity contribution in [1.82, 2.24) is 5.32 Å². The van der Waals surface area contributed by atoms with Crippen LogP contribution in [0.1, 0.15) is 18.5 Å². The maximum atomic E-state index is 11.3. The maximum Gasteiger partial charge on any atom is 0.243 e. The number of amides is 1. The number of ether oxygens (including phenoxy) is 1. The highest BCUT2D eigenvalue weighted by atomic mass is 32.2. The summed E-state index contributed by atoms with van der Waals surface area (Å²) in [5, 5.41) is 3.20. The highest BCUT2D eigenvalue weighted by Gasteiger charge is 2.09. The molecule has 0 fully saturated rings. The molecule has 1 aromatic rings. The molecule has 0 spiro atoms. The van der Waals surface area contributed by atoms with Crippen LogP contribution in [0.2, 0.25) is 0 Å². The molecule has 0 saturated carbocycles. The smallest absolute Gasteiger partial charge is 0.243 e. The topological polar surface area (TPSA) is 98.5 Å². The Balaban J connectivity index is 2.44. The van der Waals surface area contributed by atoms with Gasteiger partial charge in [-0.3, -0.25) is 4.79 Å². The van der Waals surface area contributed by atoms with Crippen LogP contribution in [0.3, 0.4) is 0 Å². The summed E-state index contributed by atoms with van der Waals surface area (Å²) in [7, 11) is -3.16. The number of hydrogen-bond donors (Lipinski definition) is 2. The molecule has 0 radical (unpaired) electrons. The van der Waals surface area contributed by atoms with Crippen molar-refractivity contribution in [3.8, 4) is 0 Å². The molecule has 0 heterocycles. The standard InChI is InChI=1S/C13H20N2O4S/c1-10(15-7-8-19-9-13(14)16)11-3-5-12(6-4-11)20(2,17)18/h3-6,10,15H,7-9H2,1-2H3,(H2,14,16). The third-order valence-corrected chi connectivity index (χ3v) is 3.88. The normalized spacial score (nSPS) is 13.1. The molecule has 1 atom stereocenters. The highest BCUT2D eigenvalue weighted by Crippen LogP contribution is 2.15. The van der Waals surface area contributed by atoms with Gasteiger partial charge in [-0.25, -0.2) is 8.42 Å². The fourth-order valence-corrected chi connectivity index (χ4v) is 2.27. The average molecular weight is 300 g/mol. The summed E-state index contributed by atoms with van der Waals surface area (Å²) < 4.78 is 27.7. The molecule has 7 heteroatoms. The zero-order valence-electron chi connectivity index (χ0n) is 11.6. The lowest BCUT2D eigenvalue weighted by Crippen LogP contribution is -2.26. The number of nitrogens with one attached hydrogen (secondary N) is 1. The van der Waals surface area contributed by atoms with Gasteiger partial charge in [0, 0.05) is 18.8 Å². The van der Waals surface area contributed by atoms with Gasteiger partial charge in [0.2, 0.25) is 5.91 Å². The first-order valence-electron chi connectivity index (χ1n) is 6.20. The first-order valence-corrected chi connectivity index (χ1v) is 8.09. The van der Waals surface area contributed by atoms with Crippen molar-refractivity contribution < 1.29 is 17.9 Å². The van der Waals surface area contributed by atoms with E-state index in [1.165, 1.54) is 6.26 Å². The Morgan fingerprint density at radius 1 is 1.35 bits per heavy atom. The van der Waals surface area contributed by atoms with Crippen LogP contribution >= 0.6 is 0 Å². The van der Waals surface area contributed by atoms with Crippen LogP contribution < -0.4 is 11.1 Å². The quantitative estimate of drug-likeness (QED) is 0.670. The van der Waals surface area contributed by atoms with Gasteiger partial charge >= 0.3 is 0 Å². The molecule has 20 heavy (non-hydrogen) atoms. The molecule has 0 aliphatic rings. The first kappa shape index (κ1) is 16.6. The zero-order chi connectivity index (χ0) is 15.2. The summed E-state index contributed by atoms with van der Waals surface area (Å²) in [6.45, 7) is 2.83. The second-order valence-corrected chi connectivity index (χ2v) is 6.55. The van der Waals surface area contributed by atoms with Crippen molar-refractivity contribution >= 4 is 15.7 Å². The molecule has 6 nitrogen and oxygen atoms in total. The molecular weight excluding hydrogens is 280 g/mol. The number of carbonyl (C=O) groups excluding carboxylic acids is 1. The fraction of sp³-hybridized carbons (Fsp3) is 0.462. The number of sulfone groups is 1. The Bertz CT molecular complexity index is 540. The molecule has 1 aromatic carbocycles. The van der Waals surface area contributed by atoms with E-state index in [0.29, 0.717) is 18.0 Å². The number of rotatable bonds is 8. The molecule has 1 amide bonds. The average Bonchev–Trinajstić information content (AvgIpc) is 2.37. The molecule has 0 aliphatic carbocycles. The van der Waals surface area contributed by atoms with Gasteiger partial charge in [0.1, 0.15) is 6.61 Å².